The van der Waals surface area contributed by atoms with E-state index in [2.05, 4.69) is 86.8 Å². The quantitative estimate of drug-likeness (QED) is 0.0205. The molecule has 0 fully saturated rings. The summed E-state index contributed by atoms with van der Waals surface area (Å²) >= 11 is 0. The van der Waals surface area contributed by atoms with Crippen LogP contribution < -0.4 is 5.32 Å². The molecule has 9 nitrogen and oxygen atoms in total. The second-order valence-electron chi connectivity index (χ2n) is 25.4. The van der Waals surface area contributed by atoms with Crippen LogP contribution in [-0.4, -0.2) is 74.3 Å². The Morgan fingerprint density at radius 1 is 0.429 bits per heavy atom. The summed E-state index contributed by atoms with van der Waals surface area (Å²) in [4.78, 5) is 37.9. The van der Waals surface area contributed by atoms with Crippen LogP contribution in [-0.2, 0) is 27.9 Å². The molecule has 490 valence electrons. The monoisotopic (exact) mass is 1200 g/mol. The summed E-state index contributed by atoms with van der Waals surface area (Å²) in [5.41, 5.74) is 0. The number of carbonyl (C=O) groups excluding carboxylic acids is 2. The molecule has 0 spiro atoms. The van der Waals surface area contributed by atoms with Crippen LogP contribution >= 0.6 is 7.82 Å². The maximum Gasteiger partial charge on any atom is 0.472 e. The van der Waals surface area contributed by atoms with Crippen molar-refractivity contribution >= 4 is 19.7 Å². The minimum atomic E-state index is -4.46. The number of carbonyl (C=O) groups is 2. The number of hydrogen-bond donors (Lipinski definition) is 2. The van der Waals surface area contributed by atoms with Gasteiger partial charge in [0, 0.05) is 12.8 Å². The Kier molecular flexibility index (Phi) is 61.5. The van der Waals surface area contributed by atoms with Gasteiger partial charge in [-0.15, -0.1) is 0 Å². The Labute approximate surface area is 521 Å². The lowest BCUT2D eigenvalue weighted by atomic mass is 10.0. The Hall–Kier alpha value is -2.55. The van der Waals surface area contributed by atoms with E-state index < -0.39 is 20.0 Å². The second-order valence-corrected chi connectivity index (χ2v) is 26.8. The van der Waals surface area contributed by atoms with Crippen molar-refractivity contribution in [2.75, 3.05) is 40.9 Å². The van der Waals surface area contributed by atoms with Crippen LogP contribution in [0.5, 0.6) is 0 Å². The van der Waals surface area contributed by atoms with Crippen LogP contribution in [0.15, 0.2) is 72.9 Å². The summed E-state index contributed by atoms with van der Waals surface area (Å²) in [6.45, 7) is 6.92. The SMILES string of the molecule is CC/C=C\C/C=C\C/C=C\C/C=C\C/C=C\CCCCCC(=O)OC(/C=C\CCCCCCCCCCCC)C(COP(=O)(O)OCC[N+](C)(C)C)NC(=O)CCCCCCCCCCCCCCCCCCCCCCCCCCCCC. The van der Waals surface area contributed by atoms with Crippen LogP contribution in [0.25, 0.3) is 0 Å². The highest BCUT2D eigenvalue weighted by molar-refractivity contribution is 7.47. The Bertz CT molecular complexity index is 1670. The third-order valence-electron chi connectivity index (χ3n) is 15.9. The Balaban J connectivity index is 5.04. The average Bonchev–Trinajstić information content (AvgIpc) is 3.65. The fourth-order valence-corrected chi connectivity index (χ4v) is 11.2. The molecule has 0 saturated carbocycles. The second kappa shape index (κ2) is 63.5. The maximum absolute atomic E-state index is 13.6. The van der Waals surface area contributed by atoms with E-state index >= 15 is 0 Å². The molecule has 84 heavy (non-hydrogen) atoms. The molecule has 0 aliphatic rings. The molecular weight excluding hydrogens is 1060 g/mol. The highest BCUT2D eigenvalue weighted by Crippen LogP contribution is 2.43. The summed E-state index contributed by atoms with van der Waals surface area (Å²) < 4.78 is 30.8. The molecule has 10 heteroatoms. The van der Waals surface area contributed by atoms with Gasteiger partial charge in [-0.05, 0) is 76.7 Å². The van der Waals surface area contributed by atoms with Gasteiger partial charge in [-0.1, -0.05) is 319 Å². The number of hydrogen-bond acceptors (Lipinski definition) is 6. The van der Waals surface area contributed by atoms with E-state index in [1.807, 2.05) is 33.3 Å². The van der Waals surface area contributed by atoms with E-state index in [0.717, 1.165) is 89.9 Å². The normalized spacial score (nSPS) is 13.9. The summed E-state index contributed by atoms with van der Waals surface area (Å²) in [6, 6.07) is -0.864. The van der Waals surface area contributed by atoms with Crippen molar-refractivity contribution in [1.82, 2.24) is 5.32 Å². The van der Waals surface area contributed by atoms with Crippen molar-refractivity contribution in [1.29, 1.82) is 0 Å². The molecule has 0 bridgehead atoms. The number of phosphoric acid groups is 1. The fourth-order valence-electron chi connectivity index (χ4n) is 10.4. The van der Waals surface area contributed by atoms with Crippen LogP contribution in [0.1, 0.15) is 335 Å². The van der Waals surface area contributed by atoms with Crippen LogP contribution in [0.2, 0.25) is 0 Å². The van der Waals surface area contributed by atoms with Gasteiger partial charge in [0.05, 0.1) is 33.8 Å². The lowest BCUT2D eigenvalue weighted by Crippen LogP contribution is -2.47. The van der Waals surface area contributed by atoms with Gasteiger partial charge < -0.3 is 19.4 Å². The van der Waals surface area contributed by atoms with Crippen molar-refractivity contribution in [3.05, 3.63) is 72.9 Å². The number of phosphoric ester groups is 1. The van der Waals surface area contributed by atoms with Crippen molar-refractivity contribution in [3.63, 3.8) is 0 Å². The molecule has 2 N–H and O–H groups in total. The van der Waals surface area contributed by atoms with E-state index in [4.69, 9.17) is 13.8 Å². The maximum atomic E-state index is 13.6. The zero-order valence-electron chi connectivity index (χ0n) is 56.1. The smallest absolute Gasteiger partial charge is 0.456 e. The van der Waals surface area contributed by atoms with Gasteiger partial charge in [0.2, 0.25) is 5.91 Å². The van der Waals surface area contributed by atoms with Crippen molar-refractivity contribution in [2.24, 2.45) is 0 Å². The zero-order chi connectivity index (χ0) is 61.4. The third kappa shape index (κ3) is 63.9. The van der Waals surface area contributed by atoms with Gasteiger partial charge in [-0.25, -0.2) is 4.57 Å². The molecule has 3 atom stereocenters. The van der Waals surface area contributed by atoms with E-state index in [9.17, 15) is 19.0 Å². The van der Waals surface area contributed by atoms with Crippen molar-refractivity contribution < 1.29 is 37.3 Å². The molecule has 0 rings (SSSR count). The first-order valence-electron chi connectivity index (χ1n) is 35.8. The Morgan fingerprint density at radius 2 is 0.762 bits per heavy atom. The van der Waals surface area contributed by atoms with E-state index in [-0.39, 0.29) is 31.5 Å². The molecule has 0 aliphatic carbocycles. The van der Waals surface area contributed by atoms with E-state index in [1.165, 1.54) is 205 Å². The number of unbranched alkanes of at least 4 members (excludes halogenated alkanes) is 39. The first-order chi connectivity index (χ1) is 40.9. The van der Waals surface area contributed by atoms with E-state index in [0.29, 0.717) is 23.9 Å². The summed E-state index contributed by atoms with van der Waals surface area (Å²) in [6.07, 6.45) is 83.6. The standard InChI is InChI=1S/C74H137N2O7P/c1-7-10-13-16-19-22-25-28-30-32-34-35-36-37-38-39-40-41-43-44-46-48-51-54-57-60-63-66-73(77)75-71(70-82-84(79,80)81-69-68-76(4,5)6)72(65-62-59-56-53-50-27-24-21-18-15-12-9-3)83-74(78)67-64-61-58-55-52-49-47-45-42-33-31-29-26-23-20-17-14-11-8-2/h11,14,20,23,29,31,42,45,49,52,62,65,71-72H,7-10,12-13,15-19,21-22,24-28,30,32-41,43-44,46-48,50-51,53-61,63-64,66-70H2,1-6H3,(H-,75,77,79,80)/p+1/b14-11-,23-20-,31-29-,45-42-,52-49-,65-62-. The largest absolute Gasteiger partial charge is 0.472 e. The summed E-state index contributed by atoms with van der Waals surface area (Å²) in [5, 5.41) is 3.06. The summed E-state index contributed by atoms with van der Waals surface area (Å²) in [5.74, 6) is -0.532. The van der Waals surface area contributed by atoms with Gasteiger partial charge in [-0.3, -0.25) is 18.6 Å². The predicted molar refractivity (Wildman–Crippen MR) is 365 cm³/mol. The summed E-state index contributed by atoms with van der Waals surface area (Å²) in [7, 11) is 1.48. The number of ether oxygens (including phenoxy) is 1. The molecule has 0 aromatic heterocycles. The van der Waals surface area contributed by atoms with Crippen molar-refractivity contribution in [2.45, 2.75) is 348 Å². The Morgan fingerprint density at radius 3 is 1.15 bits per heavy atom. The minimum Gasteiger partial charge on any atom is -0.456 e. The molecule has 0 aromatic rings. The van der Waals surface area contributed by atoms with Crippen LogP contribution in [0.4, 0.5) is 0 Å². The third-order valence-corrected chi connectivity index (χ3v) is 16.9. The van der Waals surface area contributed by atoms with Crippen LogP contribution in [0, 0.1) is 0 Å². The minimum absolute atomic E-state index is 0.0339. The molecule has 3 unspecified atom stereocenters. The van der Waals surface area contributed by atoms with Crippen LogP contribution in [0.3, 0.4) is 0 Å². The topological polar surface area (TPSA) is 111 Å². The fraction of sp³-hybridized carbons (Fsp3) is 0.811. The number of likely N-dealkylation sites (N-methyl/N-ethyl adjacent to an activating group) is 1. The first kappa shape index (κ1) is 81.5. The molecule has 0 heterocycles. The zero-order valence-corrected chi connectivity index (χ0v) is 57.0. The highest BCUT2D eigenvalue weighted by Gasteiger charge is 2.30. The van der Waals surface area contributed by atoms with Gasteiger partial charge in [0.15, 0.2) is 0 Å². The lowest BCUT2D eigenvalue weighted by Gasteiger charge is -2.27. The molecular formula is C74H138N2O7P+. The number of esters is 1. The first-order valence-corrected chi connectivity index (χ1v) is 37.3. The molecule has 0 aliphatic heterocycles. The number of amides is 1. The van der Waals surface area contributed by atoms with Gasteiger partial charge >= 0.3 is 13.8 Å². The number of rotatable bonds is 65. The highest BCUT2D eigenvalue weighted by atomic mass is 31.2. The predicted octanol–water partition coefficient (Wildman–Crippen LogP) is 22.7. The van der Waals surface area contributed by atoms with E-state index in [1.54, 1.807) is 0 Å². The van der Waals surface area contributed by atoms with Gasteiger partial charge in [0.1, 0.15) is 19.3 Å². The lowest BCUT2D eigenvalue weighted by molar-refractivity contribution is -0.870. The number of nitrogens with zero attached hydrogens (tertiary/aromatic N) is 1. The average molecular weight is 1200 g/mol. The van der Waals surface area contributed by atoms with Gasteiger partial charge in [0.25, 0.3) is 0 Å². The number of quaternary nitrogens is 1. The molecule has 0 radical (unpaired) electrons. The number of allylic oxidation sites excluding steroid dienone is 11. The molecule has 0 saturated heterocycles. The molecule has 0 aromatic carbocycles. The molecule has 1 amide bonds. The van der Waals surface area contributed by atoms with Gasteiger partial charge in [-0.2, -0.15) is 0 Å². The number of nitrogens with one attached hydrogen (secondary N) is 1. The van der Waals surface area contributed by atoms with Crippen molar-refractivity contribution in [3.8, 4) is 0 Å².